The number of halogens is 1. The largest absolute Gasteiger partial charge is 0.342 e. The Hall–Kier alpha value is -3.06. The number of benzene rings is 2. The van der Waals surface area contributed by atoms with Crippen molar-refractivity contribution in [3.8, 4) is 0 Å². The fraction of sp³-hybridized carbons (Fsp3) is 0.318. The molecule has 2 saturated heterocycles. The molecule has 2 aliphatic rings. The molecule has 7 heteroatoms. The van der Waals surface area contributed by atoms with Gasteiger partial charge in [0.1, 0.15) is 11.6 Å². The van der Waals surface area contributed by atoms with E-state index in [1.165, 1.54) is 18.2 Å². The third kappa shape index (κ3) is 3.21. The van der Waals surface area contributed by atoms with Crippen LogP contribution < -0.4 is 9.80 Å². The quantitative estimate of drug-likeness (QED) is 0.667. The number of H-pyrrole nitrogens is 1. The summed E-state index contributed by atoms with van der Waals surface area (Å²) in [5.41, 5.74) is 2.33. The van der Waals surface area contributed by atoms with E-state index in [2.05, 4.69) is 4.98 Å². The van der Waals surface area contributed by atoms with Gasteiger partial charge in [-0.3, -0.25) is 9.59 Å². The molecule has 5 rings (SSSR count). The molecule has 0 unspecified atom stereocenters. The maximum absolute atomic E-state index is 13.5. The minimum Gasteiger partial charge on any atom is -0.342 e. The third-order valence-electron chi connectivity index (χ3n) is 6.13. The van der Waals surface area contributed by atoms with Crippen LogP contribution >= 0.6 is 0 Å². The molecule has 2 N–H and O–H groups in total. The smallest absolute Gasteiger partial charge is 0.292 e. The number of aromatic nitrogens is 2. The molecule has 0 spiro atoms. The number of quaternary nitrogens is 1. The number of hydrogen-bond donors (Lipinski definition) is 2. The van der Waals surface area contributed by atoms with Crippen LogP contribution in [0.2, 0.25) is 0 Å². The molecule has 29 heavy (non-hydrogen) atoms. The van der Waals surface area contributed by atoms with Gasteiger partial charge in [-0.1, -0.05) is 18.2 Å². The molecule has 2 fully saturated rings. The summed E-state index contributed by atoms with van der Waals surface area (Å²) in [4.78, 5) is 35.8. The van der Waals surface area contributed by atoms with E-state index in [0.717, 1.165) is 52.6 Å². The molecule has 2 amide bonds. The molecular formula is C22H22FN4O2+. The number of likely N-dealkylation sites (tertiary alicyclic amines) is 1. The Balaban J connectivity index is 1.28. The number of anilines is 1. The Morgan fingerprint density at radius 3 is 2.62 bits per heavy atom. The Kier molecular flexibility index (Phi) is 4.39. The van der Waals surface area contributed by atoms with Crippen molar-refractivity contribution >= 4 is 28.5 Å². The van der Waals surface area contributed by atoms with Gasteiger partial charge in [0.2, 0.25) is 5.91 Å². The number of aromatic amines is 1. The van der Waals surface area contributed by atoms with Crippen molar-refractivity contribution in [2.24, 2.45) is 0 Å². The van der Waals surface area contributed by atoms with Crippen LogP contribution in [0.15, 0.2) is 48.5 Å². The van der Waals surface area contributed by atoms with Gasteiger partial charge in [0.25, 0.3) is 5.91 Å². The van der Waals surface area contributed by atoms with Gasteiger partial charge >= 0.3 is 0 Å². The van der Waals surface area contributed by atoms with Crippen molar-refractivity contribution in [1.29, 1.82) is 0 Å². The van der Waals surface area contributed by atoms with E-state index in [9.17, 15) is 14.0 Å². The van der Waals surface area contributed by atoms with Crippen molar-refractivity contribution in [3.05, 3.63) is 60.2 Å². The van der Waals surface area contributed by atoms with E-state index in [1.54, 1.807) is 6.07 Å². The molecular weight excluding hydrogens is 371 g/mol. The summed E-state index contributed by atoms with van der Waals surface area (Å²) in [5, 5.41) is 0. The second-order valence-corrected chi connectivity index (χ2v) is 7.88. The highest BCUT2D eigenvalue weighted by molar-refractivity contribution is 6.21. The van der Waals surface area contributed by atoms with E-state index >= 15 is 0 Å². The molecule has 2 aromatic carbocycles. The highest BCUT2D eigenvalue weighted by atomic mass is 19.1. The minimum absolute atomic E-state index is 0.181. The zero-order valence-electron chi connectivity index (χ0n) is 15.9. The predicted molar refractivity (Wildman–Crippen MR) is 106 cm³/mol. The lowest BCUT2D eigenvalue weighted by atomic mass is 9.95. The minimum atomic E-state index is -0.453. The van der Waals surface area contributed by atoms with Gasteiger partial charge in [0.05, 0.1) is 36.2 Å². The van der Waals surface area contributed by atoms with Crippen molar-refractivity contribution in [2.45, 2.75) is 31.2 Å². The predicted octanol–water partition coefficient (Wildman–Crippen LogP) is 1.80. The average Bonchev–Trinajstić information content (AvgIpc) is 3.29. The number of rotatable bonds is 3. The molecule has 1 aromatic heterocycles. The maximum Gasteiger partial charge on any atom is 0.292 e. The molecule has 3 aromatic rings. The molecule has 148 valence electrons. The lowest BCUT2D eigenvalue weighted by molar-refractivity contribution is -0.920. The van der Waals surface area contributed by atoms with Crippen molar-refractivity contribution < 1.29 is 18.9 Å². The van der Waals surface area contributed by atoms with E-state index in [1.807, 2.05) is 24.3 Å². The lowest BCUT2D eigenvalue weighted by Gasteiger charge is -2.31. The molecule has 0 saturated carbocycles. The van der Waals surface area contributed by atoms with Gasteiger partial charge in [-0.25, -0.2) is 14.3 Å². The lowest BCUT2D eigenvalue weighted by Crippen LogP contribution is -3.17. The fourth-order valence-electron chi connectivity index (χ4n) is 4.61. The number of piperidine rings is 1. The summed E-state index contributed by atoms with van der Waals surface area (Å²) < 4.78 is 13.5. The van der Waals surface area contributed by atoms with Crippen LogP contribution in [-0.4, -0.2) is 40.9 Å². The number of nitrogens with zero attached hydrogens (tertiary/aromatic N) is 2. The van der Waals surface area contributed by atoms with Crippen LogP contribution in [0.5, 0.6) is 0 Å². The van der Waals surface area contributed by atoms with Gasteiger partial charge in [0, 0.05) is 18.8 Å². The Morgan fingerprint density at radius 2 is 1.86 bits per heavy atom. The van der Waals surface area contributed by atoms with Crippen LogP contribution in [-0.2, 0) is 9.59 Å². The number of fused-ring (bicyclic) bond motifs is 1. The number of amides is 2. The fourth-order valence-corrected chi connectivity index (χ4v) is 4.61. The van der Waals surface area contributed by atoms with E-state index < -0.39 is 5.82 Å². The standard InChI is InChI=1S/C22H21FN4O2/c23-15-4-3-5-16(12-15)27-20(28)13-19(22(27)29)26-10-8-14(9-11-26)21-24-17-6-1-2-7-18(17)25-21/h1-7,12,14,19H,8-11,13H2,(H,24,25)/p+1/t19-/m0/s1. The first-order valence-corrected chi connectivity index (χ1v) is 10.0. The summed E-state index contributed by atoms with van der Waals surface area (Å²) in [6, 6.07) is 13.3. The first kappa shape index (κ1) is 18.0. The number of imide groups is 1. The van der Waals surface area contributed by atoms with E-state index in [4.69, 9.17) is 4.98 Å². The Morgan fingerprint density at radius 1 is 1.07 bits per heavy atom. The summed E-state index contributed by atoms with van der Waals surface area (Å²) in [7, 11) is 0. The molecule has 1 atom stereocenters. The zero-order valence-corrected chi connectivity index (χ0v) is 15.9. The molecule has 3 heterocycles. The number of carbonyl (C=O) groups is 2. The van der Waals surface area contributed by atoms with Crippen LogP contribution in [0, 0.1) is 5.82 Å². The third-order valence-corrected chi connectivity index (χ3v) is 6.13. The SMILES string of the molecule is O=C1C[C@H]([NH+]2CCC(c3nc4ccccc4[nH]3)CC2)C(=O)N1c1cccc(F)c1. The van der Waals surface area contributed by atoms with Crippen LogP contribution in [0.1, 0.15) is 31.0 Å². The van der Waals surface area contributed by atoms with Gasteiger partial charge < -0.3 is 9.88 Å². The summed E-state index contributed by atoms with van der Waals surface area (Å²) in [5.74, 6) is 0.402. The first-order valence-electron chi connectivity index (χ1n) is 10.0. The highest BCUT2D eigenvalue weighted by Crippen LogP contribution is 2.26. The Labute approximate surface area is 167 Å². The maximum atomic E-state index is 13.5. The number of para-hydroxylation sites is 2. The van der Waals surface area contributed by atoms with E-state index in [-0.39, 0.29) is 24.3 Å². The van der Waals surface area contributed by atoms with Crippen LogP contribution in [0.3, 0.4) is 0 Å². The summed E-state index contributed by atoms with van der Waals surface area (Å²) in [6.07, 6.45) is 2.00. The molecule has 0 radical (unpaired) electrons. The number of nitrogens with one attached hydrogen (secondary N) is 2. The van der Waals surface area contributed by atoms with Gasteiger partial charge in [0.15, 0.2) is 6.04 Å². The Bertz CT molecular complexity index is 1050. The molecule has 0 aliphatic carbocycles. The summed E-state index contributed by atoms with van der Waals surface area (Å²) >= 11 is 0. The van der Waals surface area contributed by atoms with Crippen molar-refractivity contribution in [1.82, 2.24) is 9.97 Å². The first-order chi connectivity index (χ1) is 14.1. The number of hydrogen-bond acceptors (Lipinski definition) is 3. The van der Waals surface area contributed by atoms with Gasteiger partial charge in [-0.05, 0) is 30.3 Å². The number of carbonyl (C=O) groups excluding carboxylic acids is 2. The van der Waals surface area contributed by atoms with Gasteiger partial charge in [-0.15, -0.1) is 0 Å². The molecule has 2 aliphatic heterocycles. The highest BCUT2D eigenvalue weighted by Gasteiger charge is 2.46. The van der Waals surface area contributed by atoms with E-state index in [0.29, 0.717) is 11.6 Å². The second-order valence-electron chi connectivity index (χ2n) is 7.88. The average molecular weight is 393 g/mol. The monoisotopic (exact) mass is 393 g/mol. The molecule has 0 bridgehead atoms. The van der Waals surface area contributed by atoms with Crippen LogP contribution in [0.25, 0.3) is 11.0 Å². The second kappa shape index (κ2) is 7.08. The van der Waals surface area contributed by atoms with Gasteiger partial charge in [-0.2, -0.15) is 0 Å². The zero-order chi connectivity index (χ0) is 20.0. The van der Waals surface area contributed by atoms with Crippen molar-refractivity contribution in [2.75, 3.05) is 18.0 Å². The molecule has 6 nitrogen and oxygen atoms in total. The van der Waals surface area contributed by atoms with Crippen molar-refractivity contribution in [3.63, 3.8) is 0 Å². The number of imidazole rings is 1. The topological polar surface area (TPSA) is 70.5 Å². The normalized spacial score (nSPS) is 25.1. The van der Waals surface area contributed by atoms with Crippen LogP contribution in [0.4, 0.5) is 10.1 Å². The summed E-state index contributed by atoms with van der Waals surface area (Å²) in [6.45, 7) is 1.62.